The molecule has 27 heavy (non-hydrogen) atoms. The average molecular weight is 373 g/mol. The van der Waals surface area contributed by atoms with Crippen LogP contribution in [0, 0.1) is 0 Å². The van der Waals surface area contributed by atoms with Crippen LogP contribution in [0.3, 0.4) is 0 Å². The Bertz CT molecular complexity index is 663. The van der Waals surface area contributed by atoms with Gasteiger partial charge in [-0.05, 0) is 43.5 Å². The molecule has 0 heterocycles. The number of nitrogens with one attached hydrogen (secondary N) is 1. The molecule has 2 aromatic carbocycles. The lowest BCUT2D eigenvalue weighted by Crippen LogP contribution is -2.32. The van der Waals surface area contributed by atoms with Crippen LogP contribution in [0.4, 0.5) is 0 Å². The van der Waals surface area contributed by atoms with Gasteiger partial charge in [-0.1, -0.05) is 37.3 Å². The zero-order valence-electron chi connectivity index (χ0n) is 16.2. The highest BCUT2D eigenvalue weighted by Crippen LogP contribution is 2.32. The molecule has 0 radical (unpaired) electrons. The maximum atomic E-state index is 10.7. The smallest absolute Gasteiger partial charge is 0.128 e. The molecule has 0 saturated heterocycles. The van der Waals surface area contributed by atoms with Crippen molar-refractivity contribution < 1.29 is 19.7 Å². The van der Waals surface area contributed by atoms with Crippen LogP contribution in [0.25, 0.3) is 0 Å². The predicted octanol–water partition coefficient (Wildman–Crippen LogP) is 3.10. The highest BCUT2D eigenvalue weighted by Gasteiger charge is 2.16. The minimum Gasteiger partial charge on any atom is -0.497 e. The molecule has 0 aliphatic rings. The average Bonchev–Trinajstić information content (AvgIpc) is 2.71. The van der Waals surface area contributed by atoms with Gasteiger partial charge in [0.05, 0.1) is 13.2 Å². The summed E-state index contributed by atoms with van der Waals surface area (Å²) in [5.74, 6) is 1.20. The van der Waals surface area contributed by atoms with Crippen LogP contribution >= 0.6 is 0 Å². The van der Waals surface area contributed by atoms with E-state index in [4.69, 9.17) is 9.47 Å². The third kappa shape index (κ3) is 7.21. The third-order valence-electron chi connectivity index (χ3n) is 4.37. The summed E-state index contributed by atoms with van der Waals surface area (Å²) in [7, 11) is 1.59. The van der Waals surface area contributed by atoms with E-state index in [1.165, 1.54) is 5.56 Å². The minimum absolute atomic E-state index is 0.155. The third-order valence-corrected chi connectivity index (χ3v) is 4.37. The zero-order valence-corrected chi connectivity index (χ0v) is 16.2. The summed E-state index contributed by atoms with van der Waals surface area (Å²) < 4.78 is 11.1. The lowest BCUT2D eigenvalue weighted by molar-refractivity contribution is 0.102. The Balaban J connectivity index is 1.99. The van der Waals surface area contributed by atoms with Gasteiger partial charge in [-0.3, -0.25) is 0 Å². The quantitative estimate of drug-likeness (QED) is 0.499. The first kappa shape index (κ1) is 21.2. The van der Waals surface area contributed by atoms with Crippen LogP contribution in [0.2, 0.25) is 0 Å². The summed E-state index contributed by atoms with van der Waals surface area (Å²) in [6, 6.07) is 15.5. The summed E-state index contributed by atoms with van der Waals surface area (Å²) in [6.45, 7) is 3.57. The minimum atomic E-state index is -0.651. The van der Waals surface area contributed by atoms with E-state index in [1.807, 2.05) is 30.3 Å². The summed E-state index contributed by atoms with van der Waals surface area (Å²) >= 11 is 0. The van der Waals surface area contributed by atoms with Gasteiger partial charge in [-0.15, -0.1) is 0 Å². The van der Waals surface area contributed by atoms with Gasteiger partial charge in [0.2, 0.25) is 0 Å². The Hall–Kier alpha value is -2.08. The van der Waals surface area contributed by atoms with Crippen molar-refractivity contribution >= 4 is 0 Å². The lowest BCUT2D eigenvalue weighted by atomic mass is 10.0. The molecule has 2 rings (SSSR count). The van der Waals surface area contributed by atoms with Crippen molar-refractivity contribution in [3.63, 3.8) is 0 Å². The molecule has 2 unspecified atom stereocenters. The molecule has 3 N–H and O–H groups in total. The van der Waals surface area contributed by atoms with Crippen LogP contribution in [0.5, 0.6) is 11.5 Å². The lowest BCUT2D eigenvalue weighted by Gasteiger charge is -2.19. The molecule has 5 nitrogen and oxygen atoms in total. The van der Waals surface area contributed by atoms with Crippen LogP contribution in [-0.4, -0.2) is 43.1 Å². The van der Waals surface area contributed by atoms with Crippen LogP contribution in [0.15, 0.2) is 48.5 Å². The molecule has 0 amide bonds. The van der Waals surface area contributed by atoms with Crippen molar-refractivity contribution in [1.82, 2.24) is 5.32 Å². The van der Waals surface area contributed by atoms with E-state index in [-0.39, 0.29) is 6.61 Å². The van der Waals surface area contributed by atoms with E-state index in [0.29, 0.717) is 30.0 Å². The van der Waals surface area contributed by atoms with Crippen molar-refractivity contribution in [3.05, 3.63) is 59.7 Å². The van der Waals surface area contributed by atoms with Crippen molar-refractivity contribution in [1.29, 1.82) is 0 Å². The molecule has 2 atom stereocenters. The van der Waals surface area contributed by atoms with Crippen LogP contribution < -0.4 is 14.8 Å². The Labute approximate surface area is 162 Å². The number of hydrogen-bond acceptors (Lipinski definition) is 5. The van der Waals surface area contributed by atoms with E-state index in [2.05, 4.69) is 24.4 Å². The number of benzene rings is 2. The van der Waals surface area contributed by atoms with Crippen molar-refractivity contribution in [2.45, 2.75) is 38.4 Å². The van der Waals surface area contributed by atoms with Gasteiger partial charge >= 0.3 is 0 Å². The Morgan fingerprint density at radius 1 is 1.07 bits per heavy atom. The van der Waals surface area contributed by atoms with Crippen LogP contribution in [-0.2, 0) is 6.42 Å². The molecule has 0 bridgehead atoms. The molecule has 0 saturated carbocycles. The zero-order chi connectivity index (χ0) is 19.5. The van der Waals surface area contributed by atoms with E-state index >= 15 is 0 Å². The summed E-state index contributed by atoms with van der Waals surface area (Å²) in [5, 5.41) is 23.9. The van der Waals surface area contributed by atoms with Crippen molar-refractivity contribution in [2.24, 2.45) is 0 Å². The standard InChI is InChI=1S/C22H31NO4/c1-3-13-23-15-18(24)16-27-22-14-19(26-2)10-11-20(22)21(25)12-9-17-7-5-4-6-8-17/h4-8,10-11,14,18,21,23-25H,3,9,12-13,15-16H2,1-2H3. The number of hydrogen-bond donors (Lipinski definition) is 3. The van der Waals surface area contributed by atoms with Gasteiger partial charge in [0.15, 0.2) is 0 Å². The summed E-state index contributed by atoms with van der Waals surface area (Å²) in [6.07, 6.45) is 1.12. The first-order valence-electron chi connectivity index (χ1n) is 9.55. The maximum Gasteiger partial charge on any atom is 0.128 e. The predicted molar refractivity (Wildman–Crippen MR) is 107 cm³/mol. The van der Waals surface area contributed by atoms with Crippen molar-refractivity contribution in [3.8, 4) is 11.5 Å². The maximum absolute atomic E-state index is 10.7. The second kappa shape index (κ2) is 11.6. The van der Waals surface area contributed by atoms with Gasteiger partial charge in [-0.25, -0.2) is 0 Å². The first-order valence-corrected chi connectivity index (χ1v) is 9.55. The second-order valence-electron chi connectivity index (χ2n) is 6.61. The highest BCUT2D eigenvalue weighted by molar-refractivity contribution is 5.42. The number of rotatable bonds is 12. The molecule has 0 aromatic heterocycles. The molecular weight excluding hydrogens is 342 g/mol. The largest absolute Gasteiger partial charge is 0.497 e. The Kier molecular flexibility index (Phi) is 9.11. The van der Waals surface area contributed by atoms with Crippen molar-refractivity contribution in [2.75, 3.05) is 26.8 Å². The normalized spacial score (nSPS) is 13.2. The number of methoxy groups -OCH3 is 1. The summed E-state index contributed by atoms with van der Waals surface area (Å²) in [5.41, 5.74) is 1.89. The molecule has 0 spiro atoms. The molecular formula is C22H31NO4. The summed E-state index contributed by atoms with van der Waals surface area (Å²) in [4.78, 5) is 0. The number of aliphatic hydroxyl groups is 2. The van der Waals surface area contributed by atoms with E-state index in [9.17, 15) is 10.2 Å². The molecule has 2 aromatic rings. The number of aryl methyl sites for hydroxylation is 1. The van der Waals surface area contributed by atoms with Gasteiger partial charge in [-0.2, -0.15) is 0 Å². The van der Waals surface area contributed by atoms with Gasteiger partial charge < -0.3 is 25.0 Å². The topological polar surface area (TPSA) is 71.0 Å². The van der Waals surface area contributed by atoms with Gasteiger partial charge in [0.25, 0.3) is 0 Å². The number of ether oxygens (including phenoxy) is 2. The fraction of sp³-hybridized carbons (Fsp3) is 0.455. The monoisotopic (exact) mass is 373 g/mol. The van der Waals surface area contributed by atoms with Gasteiger partial charge in [0, 0.05) is 18.2 Å². The van der Waals surface area contributed by atoms with Crippen LogP contribution in [0.1, 0.15) is 37.0 Å². The van der Waals surface area contributed by atoms with E-state index < -0.39 is 12.2 Å². The second-order valence-corrected chi connectivity index (χ2v) is 6.61. The van der Waals surface area contributed by atoms with E-state index in [1.54, 1.807) is 13.2 Å². The number of aliphatic hydroxyl groups excluding tert-OH is 2. The first-order chi connectivity index (χ1) is 13.1. The fourth-order valence-electron chi connectivity index (χ4n) is 2.84. The Morgan fingerprint density at radius 3 is 2.56 bits per heavy atom. The Morgan fingerprint density at radius 2 is 1.85 bits per heavy atom. The molecule has 0 aliphatic heterocycles. The molecule has 0 fully saturated rings. The molecule has 0 aliphatic carbocycles. The highest BCUT2D eigenvalue weighted by atomic mass is 16.5. The molecule has 148 valence electrons. The SMILES string of the molecule is CCCNCC(O)COc1cc(OC)ccc1C(O)CCc1ccccc1. The van der Waals surface area contributed by atoms with Gasteiger partial charge in [0.1, 0.15) is 24.2 Å². The van der Waals surface area contributed by atoms with E-state index in [0.717, 1.165) is 19.4 Å². The fourth-order valence-corrected chi connectivity index (χ4v) is 2.84. The molecule has 5 heteroatoms.